The Morgan fingerprint density at radius 3 is 2.43 bits per heavy atom. The molecule has 0 unspecified atom stereocenters. The van der Waals surface area contributed by atoms with Gasteiger partial charge in [-0.2, -0.15) is 5.10 Å². The number of rotatable bonds is 5. The minimum absolute atomic E-state index is 0.0661. The van der Waals surface area contributed by atoms with Crippen LogP contribution < -0.4 is 16.0 Å². The summed E-state index contributed by atoms with van der Waals surface area (Å²) in [6, 6.07) is 14.1. The highest BCUT2D eigenvalue weighted by Gasteiger charge is 2.06. The SMILES string of the molecule is O=C(Nc1ccc(Nc2cc(-n3cccn3)ncn2)cc1)Nc1ccc(F)c(Cl)c1. The first-order chi connectivity index (χ1) is 14.6. The third kappa shape index (κ3) is 4.70. The van der Waals surface area contributed by atoms with E-state index >= 15 is 0 Å². The predicted octanol–water partition coefficient (Wildman–Crippen LogP) is 4.84. The zero-order valence-electron chi connectivity index (χ0n) is 15.4. The van der Waals surface area contributed by atoms with Crippen LogP contribution in [0.1, 0.15) is 0 Å². The standard InChI is InChI=1S/C20H15ClFN7O/c21-16-10-15(6-7-17(16)22)28-20(30)27-14-4-2-13(3-5-14)26-18-11-19(24-12-23-18)29-9-1-8-25-29/h1-12H,(H,23,24,26)(H2,27,28,30). The molecule has 0 saturated carbocycles. The Kier molecular flexibility index (Phi) is 5.53. The molecule has 0 radical (unpaired) electrons. The molecule has 3 N–H and O–H groups in total. The number of hydrogen-bond acceptors (Lipinski definition) is 5. The van der Waals surface area contributed by atoms with Crippen LogP contribution in [0.3, 0.4) is 0 Å². The van der Waals surface area contributed by atoms with Crippen molar-refractivity contribution in [1.82, 2.24) is 19.7 Å². The summed E-state index contributed by atoms with van der Waals surface area (Å²) in [6.07, 6.45) is 4.90. The largest absolute Gasteiger partial charge is 0.340 e. The molecule has 2 heterocycles. The molecule has 150 valence electrons. The first kappa shape index (κ1) is 19.3. The van der Waals surface area contributed by atoms with E-state index in [4.69, 9.17) is 11.6 Å². The molecule has 4 aromatic rings. The number of urea groups is 1. The molecule has 0 bridgehead atoms. The summed E-state index contributed by atoms with van der Waals surface area (Å²) in [5.41, 5.74) is 1.73. The summed E-state index contributed by atoms with van der Waals surface area (Å²) >= 11 is 5.71. The van der Waals surface area contributed by atoms with E-state index in [1.165, 1.54) is 24.5 Å². The fraction of sp³-hybridized carbons (Fsp3) is 0. The summed E-state index contributed by atoms with van der Waals surface area (Å²) in [6.45, 7) is 0. The summed E-state index contributed by atoms with van der Waals surface area (Å²) in [5, 5.41) is 12.5. The number of nitrogens with zero attached hydrogens (tertiary/aromatic N) is 4. The molecule has 2 aromatic heterocycles. The molecular formula is C20H15ClFN7O. The number of nitrogens with one attached hydrogen (secondary N) is 3. The molecule has 2 aromatic carbocycles. The third-order valence-electron chi connectivity index (χ3n) is 3.98. The van der Waals surface area contributed by atoms with E-state index in [0.29, 0.717) is 23.0 Å². The normalized spacial score (nSPS) is 10.5. The van der Waals surface area contributed by atoms with Gasteiger partial charge < -0.3 is 16.0 Å². The zero-order valence-corrected chi connectivity index (χ0v) is 16.1. The predicted molar refractivity (Wildman–Crippen MR) is 113 cm³/mol. The van der Waals surface area contributed by atoms with Crippen LogP contribution in [0.25, 0.3) is 5.82 Å². The Bertz CT molecular complexity index is 1170. The van der Waals surface area contributed by atoms with Crippen molar-refractivity contribution in [2.45, 2.75) is 0 Å². The van der Waals surface area contributed by atoms with E-state index in [2.05, 4.69) is 31.0 Å². The summed E-state index contributed by atoms with van der Waals surface area (Å²) in [5.74, 6) is 0.682. The monoisotopic (exact) mass is 423 g/mol. The van der Waals surface area contributed by atoms with Gasteiger partial charge in [-0.3, -0.25) is 0 Å². The highest BCUT2D eigenvalue weighted by molar-refractivity contribution is 6.31. The molecule has 0 fully saturated rings. The van der Waals surface area contributed by atoms with Crippen molar-refractivity contribution in [2.75, 3.05) is 16.0 Å². The lowest BCUT2D eigenvalue weighted by molar-refractivity contribution is 0.262. The molecule has 0 atom stereocenters. The van der Waals surface area contributed by atoms with Crippen LogP contribution in [0.2, 0.25) is 5.02 Å². The first-order valence-electron chi connectivity index (χ1n) is 8.79. The van der Waals surface area contributed by atoms with Crippen molar-refractivity contribution in [3.63, 3.8) is 0 Å². The molecule has 0 spiro atoms. The van der Waals surface area contributed by atoms with Gasteiger partial charge in [0.15, 0.2) is 5.82 Å². The number of amides is 2. The lowest BCUT2D eigenvalue weighted by atomic mass is 10.2. The van der Waals surface area contributed by atoms with Crippen molar-refractivity contribution >= 4 is 40.5 Å². The third-order valence-corrected chi connectivity index (χ3v) is 4.27. The van der Waals surface area contributed by atoms with Gasteiger partial charge in [0.2, 0.25) is 0 Å². The Morgan fingerprint density at radius 2 is 1.70 bits per heavy atom. The fourth-order valence-corrected chi connectivity index (χ4v) is 2.78. The van der Waals surface area contributed by atoms with Gasteiger partial charge in [0.05, 0.1) is 5.02 Å². The summed E-state index contributed by atoms with van der Waals surface area (Å²) in [4.78, 5) is 20.5. The van der Waals surface area contributed by atoms with E-state index in [1.807, 2.05) is 6.07 Å². The highest BCUT2D eigenvalue weighted by Crippen LogP contribution is 2.21. The molecule has 2 amide bonds. The maximum absolute atomic E-state index is 13.2. The van der Waals surface area contributed by atoms with Gasteiger partial charge in [0, 0.05) is 35.5 Å². The number of carbonyl (C=O) groups excluding carboxylic acids is 1. The van der Waals surface area contributed by atoms with Gasteiger partial charge >= 0.3 is 6.03 Å². The number of benzene rings is 2. The van der Waals surface area contributed by atoms with Crippen LogP contribution in [-0.4, -0.2) is 25.8 Å². The van der Waals surface area contributed by atoms with Gasteiger partial charge in [0.1, 0.15) is 18.0 Å². The van der Waals surface area contributed by atoms with Crippen LogP contribution in [0.15, 0.2) is 73.3 Å². The maximum Gasteiger partial charge on any atom is 0.323 e. The van der Waals surface area contributed by atoms with Gasteiger partial charge in [-0.25, -0.2) is 23.8 Å². The molecule has 30 heavy (non-hydrogen) atoms. The smallest absolute Gasteiger partial charge is 0.323 e. The topological polar surface area (TPSA) is 96.8 Å². The Balaban J connectivity index is 1.37. The second-order valence-electron chi connectivity index (χ2n) is 6.12. The van der Waals surface area contributed by atoms with Gasteiger partial charge in [0.25, 0.3) is 0 Å². The van der Waals surface area contributed by atoms with Gasteiger partial charge in [-0.15, -0.1) is 0 Å². The summed E-state index contributed by atoms with van der Waals surface area (Å²) < 4.78 is 14.8. The molecule has 8 nitrogen and oxygen atoms in total. The lowest BCUT2D eigenvalue weighted by Crippen LogP contribution is -2.19. The first-order valence-corrected chi connectivity index (χ1v) is 9.17. The molecule has 0 aliphatic rings. The van der Waals surface area contributed by atoms with Crippen LogP contribution in [0.5, 0.6) is 0 Å². The number of carbonyl (C=O) groups is 1. The lowest BCUT2D eigenvalue weighted by Gasteiger charge is -2.10. The average Bonchev–Trinajstić information content (AvgIpc) is 3.27. The van der Waals surface area contributed by atoms with Crippen molar-refractivity contribution < 1.29 is 9.18 Å². The fourth-order valence-electron chi connectivity index (χ4n) is 2.60. The number of hydrogen-bond donors (Lipinski definition) is 3. The van der Waals surface area contributed by atoms with E-state index < -0.39 is 11.8 Å². The number of anilines is 4. The second kappa shape index (κ2) is 8.58. The highest BCUT2D eigenvalue weighted by atomic mass is 35.5. The van der Waals surface area contributed by atoms with E-state index in [1.54, 1.807) is 47.4 Å². The Morgan fingerprint density at radius 1 is 0.967 bits per heavy atom. The van der Waals surface area contributed by atoms with Crippen molar-refractivity contribution in [1.29, 1.82) is 0 Å². The van der Waals surface area contributed by atoms with Crippen molar-refractivity contribution in [2.24, 2.45) is 0 Å². The molecule has 0 aliphatic carbocycles. The molecular weight excluding hydrogens is 409 g/mol. The van der Waals surface area contributed by atoms with Crippen molar-refractivity contribution in [3.8, 4) is 5.82 Å². The number of halogens is 2. The van der Waals surface area contributed by atoms with E-state index in [-0.39, 0.29) is 5.02 Å². The minimum Gasteiger partial charge on any atom is -0.340 e. The van der Waals surface area contributed by atoms with E-state index in [0.717, 1.165) is 5.69 Å². The second-order valence-corrected chi connectivity index (χ2v) is 6.53. The molecule has 4 rings (SSSR count). The molecule has 0 saturated heterocycles. The van der Waals surface area contributed by atoms with Crippen molar-refractivity contribution in [3.05, 3.63) is 84.2 Å². The van der Waals surface area contributed by atoms with E-state index in [9.17, 15) is 9.18 Å². The molecule has 0 aliphatic heterocycles. The van der Waals surface area contributed by atoms with Crippen LogP contribution in [0, 0.1) is 5.82 Å². The maximum atomic E-state index is 13.2. The van der Waals surface area contributed by atoms with Gasteiger partial charge in [-0.1, -0.05) is 11.6 Å². The van der Waals surface area contributed by atoms with Gasteiger partial charge in [-0.05, 0) is 48.5 Å². The quantitative estimate of drug-likeness (QED) is 0.426. The minimum atomic E-state index is -0.550. The van der Waals surface area contributed by atoms with Crippen LogP contribution >= 0.6 is 11.6 Å². The average molecular weight is 424 g/mol. The van der Waals surface area contributed by atoms with Crippen LogP contribution in [-0.2, 0) is 0 Å². The molecule has 10 heteroatoms. The van der Waals surface area contributed by atoms with Crippen LogP contribution in [0.4, 0.5) is 32.1 Å². The Hall–Kier alpha value is -3.98. The number of aromatic nitrogens is 4. The zero-order chi connectivity index (χ0) is 20.9. The Labute approximate surface area is 175 Å². The summed E-state index contributed by atoms with van der Waals surface area (Å²) in [7, 11) is 0.